The van der Waals surface area contributed by atoms with E-state index in [1.54, 1.807) is 0 Å². The fourth-order valence-corrected chi connectivity index (χ4v) is 2.19. The molecule has 1 aromatic rings. The summed E-state index contributed by atoms with van der Waals surface area (Å²) in [6.45, 7) is 13.2. The number of rotatable bonds is 5. The van der Waals surface area contributed by atoms with E-state index in [9.17, 15) is 0 Å². The first-order valence-electron chi connectivity index (χ1n) is 5.85. The Hall–Kier alpha value is -1.15. The van der Waals surface area contributed by atoms with Crippen LogP contribution in [0, 0.1) is 20.8 Å². The van der Waals surface area contributed by atoms with Crippen LogP contribution >= 0.6 is 0 Å². The highest BCUT2D eigenvalue weighted by atomic mass is 14.9. The van der Waals surface area contributed by atoms with Gasteiger partial charge >= 0.3 is 0 Å². The second-order valence-electron chi connectivity index (χ2n) is 4.33. The molecule has 0 aliphatic heterocycles. The average Bonchev–Trinajstić information content (AvgIpc) is 2.16. The van der Waals surface area contributed by atoms with Crippen molar-refractivity contribution in [1.29, 1.82) is 0 Å². The van der Waals surface area contributed by atoms with Crippen molar-refractivity contribution in [2.75, 3.05) is 6.54 Å². The van der Waals surface area contributed by atoms with Gasteiger partial charge in [-0.05, 0) is 57.9 Å². The highest BCUT2D eigenvalue weighted by Gasteiger charge is 2.11. The summed E-state index contributed by atoms with van der Waals surface area (Å²) in [4.78, 5) is 4.52. The van der Waals surface area contributed by atoms with Gasteiger partial charge in [-0.25, -0.2) is 0 Å². The third-order valence-electron chi connectivity index (χ3n) is 2.82. The molecule has 1 N–H and O–H groups in total. The lowest BCUT2D eigenvalue weighted by molar-refractivity contribution is 0.573. The summed E-state index contributed by atoms with van der Waals surface area (Å²) in [6.07, 6.45) is 2.94. The zero-order chi connectivity index (χ0) is 12.1. The van der Waals surface area contributed by atoms with Crippen LogP contribution in [0.4, 0.5) is 0 Å². The summed E-state index contributed by atoms with van der Waals surface area (Å²) in [6, 6.07) is 2.50. The highest BCUT2D eigenvalue weighted by Crippen LogP contribution is 2.20. The molecule has 0 bridgehead atoms. The van der Waals surface area contributed by atoms with Crippen LogP contribution in [-0.2, 0) is 0 Å². The molecule has 2 heteroatoms. The van der Waals surface area contributed by atoms with Crippen molar-refractivity contribution in [1.82, 2.24) is 10.3 Å². The van der Waals surface area contributed by atoms with Crippen LogP contribution in [0.5, 0.6) is 0 Å². The van der Waals surface area contributed by atoms with E-state index >= 15 is 0 Å². The van der Waals surface area contributed by atoms with Gasteiger partial charge in [0.05, 0.1) is 0 Å². The van der Waals surface area contributed by atoms with E-state index in [0.29, 0.717) is 6.04 Å². The number of pyridine rings is 1. The van der Waals surface area contributed by atoms with E-state index in [1.807, 2.05) is 13.0 Å². The summed E-state index contributed by atoms with van der Waals surface area (Å²) < 4.78 is 0. The number of hydrogen-bond acceptors (Lipinski definition) is 2. The maximum absolute atomic E-state index is 4.52. The molecule has 0 spiro atoms. The molecular weight excluding hydrogens is 196 g/mol. The fourth-order valence-electron chi connectivity index (χ4n) is 2.19. The number of nitrogens with zero attached hydrogens (tertiary/aromatic N) is 1. The first kappa shape index (κ1) is 12.9. The smallest absolute Gasteiger partial charge is 0.0426 e. The molecule has 0 saturated carbocycles. The molecule has 16 heavy (non-hydrogen) atoms. The molecule has 0 amide bonds. The number of aromatic nitrogens is 1. The first-order valence-corrected chi connectivity index (χ1v) is 5.85. The third kappa shape index (κ3) is 3.17. The van der Waals surface area contributed by atoms with E-state index in [-0.39, 0.29) is 0 Å². The van der Waals surface area contributed by atoms with Gasteiger partial charge in [-0.3, -0.25) is 4.98 Å². The quantitative estimate of drug-likeness (QED) is 0.606. The molecule has 0 aliphatic rings. The van der Waals surface area contributed by atoms with E-state index in [1.165, 1.54) is 11.1 Å². The van der Waals surface area contributed by atoms with Crippen LogP contribution in [0.15, 0.2) is 18.7 Å². The van der Waals surface area contributed by atoms with Gasteiger partial charge in [0.25, 0.3) is 0 Å². The zero-order valence-corrected chi connectivity index (χ0v) is 10.8. The Morgan fingerprint density at radius 2 is 2.12 bits per heavy atom. The van der Waals surface area contributed by atoms with Crippen molar-refractivity contribution >= 4 is 0 Å². The molecule has 1 atom stereocenters. The monoisotopic (exact) mass is 218 g/mol. The molecule has 1 rings (SSSR count). The molecule has 0 fully saturated rings. The predicted molar refractivity (Wildman–Crippen MR) is 69.7 cm³/mol. The van der Waals surface area contributed by atoms with Gasteiger partial charge in [-0.1, -0.05) is 6.08 Å². The lowest BCUT2D eigenvalue weighted by atomic mass is 10.0. The first-order chi connectivity index (χ1) is 7.56. The second kappa shape index (κ2) is 5.80. The Labute approximate surface area is 98.8 Å². The summed E-state index contributed by atoms with van der Waals surface area (Å²) in [5.74, 6) is 0. The van der Waals surface area contributed by atoms with Crippen molar-refractivity contribution in [3.63, 3.8) is 0 Å². The summed E-state index contributed by atoms with van der Waals surface area (Å²) in [7, 11) is 0. The van der Waals surface area contributed by atoms with Crippen LogP contribution in [0.2, 0.25) is 0 Å². The van der Waals surface area contributed by atoms with Gasteiger partial charge in [0, 0.05) is 17.4 Å². The van der Waals surface area contributed by atoms with E-state index < -0.39 is 0 Å². The van der Waals surface area contributed by atoms with Crippen LogP contribution in [0.25, 0.3) is 0 Å². The third-order valence-corrected chi connectivity index (χ3v) is 2.82. The normalized spacial score (nSPS) is 12.5. The predicted octanol–water partition coefficient (Wildman–Crippen LogP) is 3.23. The van der Waals surface area contributed by atoms with Crippen LogP contribution < -0.4 is 5.32 Å². The standard InChI is InChI=1S/C14H22N2/c1-6-7-8-15-12(4)14-10(2)9-11(3)16-13(14)5/h6,9,12,15H,1,7-8H2,2-5H3. The van der Waals surface area contributed by atoms with Crippen LogP contribution in [0.1, 0.15) is 41.9 Å². The Kier molecular flexibility index (Phi) is 4.69. The van der Waals surface area contributed by atoms with Crippen molar-refractivity contribution in [2.24, 2.45) is 0 Å². The molecule has 1 heterocycles. The minimum atomic E-state index is 0.355. The largest absolute Gasteiger partial charge is 0.310 e. The Morgan fingerprint density at radius 1 is 1.44 bits per heavy atom. The van der Waals surface area contributed by atoms with E-state index in [0.717, 1.165) is 24.4 Å². The Balaban J connectivity index is 2.82. The van der Waals surface area contributed by atoms with Crippen molar-refractivity contribution < 1.29 is 0 Å². The second-order valence-corrected chi connectivity index (χ2v) is 4.33. The maximum atomic E-state index is 4.52. The van der Waals surface area contributed by atoms with Crippen LogP contribution in [0.3, 0.4) is 0 Å². The van der Waals surface area contributed by atoms with Crippen molar-refractivity contribution in [3.05, 3.63) is 41.2 Å². The van der Waals surface area contributed by atoms with Gasteiger partial charge in [-0.2, -0.15) is 0 Å². The number of nitrogens with one attached hydrogen (secondary N) is 1. The highest BCUT2D eigenvalue weighted by molar-refractivity contribution is 5.33. The van der Waals surface area contributed by atoms with E-state index in [2.05, 4.69) is 43.7 Å². The lowest BCUT2D eigenvalue weighted by Crippen LogP contribution is -2.21. The molecule has 1 aromatic heterocycles. The molecule has 2 nitrogen and oxygen atoms in total. The summed E-state index contributed by atoms with van der Waals surface area (Å²) in [5, 5.41) is 3.49. The van der Waals surface area contributed by atoms with Gasteiger partial charge < -0.3 is 5.32 Å². The average molecular weight is 218 g/mol. The topological polar surface area (TPSA) is 24.9 Å². The van der Waals surface area contributed by atoms with Gasteiger partial charge in [-0.15, -0.1) is 6.58 Å². The lowest BCUT2D eigenvalue weighted by Gasteiger charge is -2.18. The molecular formula is C14H22N2. The van der Waals surface area contributed by atoms with Gasteiger partial charge in [0.1, 0.15) is 0 Å². The fraction of sp³-hybridized carbons (Fsp3) is 0.500. The molecule has 88 valence electrons. The van der Waals surface area contributed by atoms with E-state index in [4.69, 9.17) is 0 Å². The van der Waals surface area contributed by atoms with Gasteiger partial charge in [0.15, 0.2) is 0 Å². The molecule has 0 radical (unpaired) electrons. The van der Waals surface area contributed by atoms with Gasteiger partial charge in [0.2, 0.25) is 0 Å². The van der Waals surface area contributed by atoms with Crippen LogP contribution in [-0.4, -0.2) is 11.5 Å². The zero-order valence-electron chi connectivity index (χ0n) is 10.8. The van der Waals surface area contributed by atoms with Crippen molar-refractivity contribution in [3.8, 4) is 0 Å². The molecule has 0 aliphatic carbocycles. The minimum absolute atomic E-state index is 0.355. The number of hydrogen-bond donors (Lipinski definition) is 1. The summed E-state index contributed by atoms with van der Waals surface area (Å²) in [5.41, 5.74) is 4.88. The summed E-state index contributed by atoms with van der Waals surface area (Å²) >= 11 is 0. The molecule has 1 unspecified atom stereocenters. The number of aryl methyl sites for hydroxylation is 3. The Morgan fingerprint density at radius 3 is 2.69 bits per heavy atom. The minimum Gasteiger partial charge on any atom is -0.310 e. The Bertz CT molecular complexity index is 346. The molecule has 0 saturated heterocycles. The molecule has 0 aromatic carbocycles. The maximum Gasteiger partial charge on any atom is 0.0426 e. The SMILES string of the molecule is C=CCCNC(C)c1c(C)cc(C)nc1C. The van der Waals surface area contributed by atoms with Crippen molar-refractivity contribution in [2.45, 2.75) is 40.2 Å².